The molecule has 0 radical (unpaired) electrons. The smallest absolute Gasteiger partial charge is 0.0995 e. The maximum absolute atomic E-state index is 6.24. The molecule has 1 nitrogen and oxygen atoms in total. The molecule has 96 valence electrons. The van der Waals surface area contributed by atoms with Gasteiger partial charge in [0.25, 0.3) is 0 Å². The van der Waals surface area contributed by atoms with Crippen LogP contribution in [0.15, 0.2) is 30.3 Å². The Balaban J connectivity index is 2.41. The second-order valence-electron chi connectivity index (χ2n) is 4.10. The van der Waals surface area contributed by atoms with Gasteiger partial charge in [-0.1, -0.05) is 54.4 Å². The largest absolute Gasteiger partial charge is 0.309 e. The molecule has 18 heavy (non-hydrogen) atoms. The lowest BCUT2D eigenvalue weighted by Gasteiger charge is -2.17. The SMILES string of the molecule is CCc1cccc(C(NC)c2cc(Cl)sc2Cl)c1. The molecule has 0 saturated carbocycles. The second-order valence-corrected chi connectivity index (χ2v) is 6.39. The molecule has 0 aliphatic carbocycles. The molecule has 1 atom stereocenters. The molecule has 0 aliphatic rings. The fourth-order valence-electron chi connectivity index (χ4n) is 2.04. The Bertz CT molecular complexity index is 536. The molecule has 1 N–H and O–H groups in total. The highest BCUT2D eigenvalue weighted by atomic mass is 35.5. The van der Waals surface area contributed by atoms with Crippen molar-refractivity contribution in [1.29, 1.82) is 0 Å². The third-order valence-corrected chi connectivity index (χ3v) is 4.49. The number of hydrogen-bond donors (Lipinski definition) is 1. The van der Waals surface area contributed by atoms with Gasteiger partial charge in [0.05, 0.1) is 14.7 Å². The maximum Gasteiger partial charge on any atom is 0.0995 e. The summed E-state index contributed by atoms with van der Waals surface area (Å²) in [6, 6.07) is 10.6. The first-order chi connectivity index (χ1) is 8.65. The van der Waals surface area contributed by atoms with Crippen molar-refractivity contribution < 1.29 is 0 Å². The van der Waals surface area contributed by atoms with Gasteiger partial charge < -0.3 is 5.32 Å². The van der Waals surface area contributed by atoms with Gasteiger partial charge in [-0.3, -0.25) is 0 Å². The van der Waals surface area contributed by atoms with Crippen LogP contribution in [0.4, 0.5) is 0 Å². The van der Waals surface area contributed by atoms with Crippen LogP contribution in [0.25, 0.3) is 0 Å². The van der Waals surface area contributed by atoms with Crippen LogP contribution in [-0.2, 0) is 6.42 Å². The number of halogens is 2. The Morgan fingerprint density at radius 3 is 2.61 bits per heavy atom. The lowest BCUT2D eigenvalue weighted by Crippen LogP contribution is -2.17. The zero-order valence-electron chi connectivity index (χ0n) is 10.3. The fraction of sp³-hybridized carbons (Fsp3) is 0.286. The Morgan fingerprint density at radius 1 is 1.28 bits per heavy atom. The van der Waals surface area contributed by atoms with Crippen LogP contribution < -0.4 is 5.32 Å². The van der Waals surface area contributed by atoms with Crippen LogP contribution in [-0.4, -0.2) is 7.05 Å². The third-order valence-electron chi connectivity index (χ3n) is 2.98. The average molecular weight is 300 g/mol. The summed E-state index contributed by atoms with van der Waals surface area (Å²) in [5.41, 5.74) is 3.58. The van der Waals surface area contributed by atoms with E-state index in [4.69, 9.17) is 23.2 Å². The van der Waals surface area contributed by atoms with Crippen LogP contribution in [0.5, 0.6) is 0 Å². The lowest BCUT2D eigenvalue weighted by atomic mass is 9.99. The number of thiophene rings is 1. The molecule has 1 aromatic heterocycles. The summed E-state index contributed by atoms with van der Waals surface area (Å²) in [5.74, 6) is 0. The highest BCUT2D eigenvalue weighted by Crippen LogP contribution is 2.37. The van der Waals surface area contributed by atoms with Gasteiger partial charge in [0.15, 0.2) is 0 Å². The summed E-state index contributed by atoms with van der Waals surface area (Å²) in [4.78, 5) is 0. The van der Waals surface area contributed by atoms with Gasteiger partial charge in [0.1, 0.15) is 0 Å². The van der Waals surface area contributed by atoms with Crippen molar-refractivity contribution in [2.24, 2.45) is 0 Å². The van der Waals surface area contributed by atoms with Crippen molar-refractivity contribution in [1.82, 2.24) is 5.32 Å². The van der Waals surface area contributed by atoms with Gasteiger partial charge in [-0.05, 0) is 30.7 Å². The fourth-order valence-corrected chi connectivity index (χ4v) is 3.58. The summed E-state index contributed by atoms with van der Waals surface area (Å²) in [6.07, 6.45) is 1.03. The van der Waals surface area contributed by atoms with Gasteiger partial charge in [-0.25, -0.2) is 0 Å². The number of aryl methyl sites for hydroxylation is 1. The first kappa shape index (κ1) is 13.9. The minimum atomic E-state index is 0.0905. The average Bonchev–Trinajstić information content (AvgIpc) is 2.70. The van der Waals surface area contributed by atoms with E-state index >= 15 is 0 Å². The molecule has 1 aromatic carbocycles. The van der Waals surface area contributed by atoms with E-state index in [1.54, 1.807) is 0 Å². The van der Waals surface area contributed by atoms with E-state index in [0.29, 0.717) is 0 Å². The van der Waals surface area contributed by atoms with E-state index in [2.05, 4.69) is 36.5 Å². The standard InChI is InChI=1S/C14H15Cl2NS/c1-3-9-5-4-6-10(7-9)13(17-2)11-8-12(15)18-14(11)16/h4-8,13,17H,3H2,1-2H3. The zero-order valence-corrected chi connectivity index (χ0v) is 12.7. The third kappa shape index (κ3) is 2.89. The minimum absolute atomic E-state index is 0.0905. The van der Waals surface area contributed by atoms with Crippen molar-refractivity contribution in [2.45, 2.75) is 19.4 Å². The Kier molecular flexibility index (Phi) is 4.68. The monoisotopic (exact) mass is 299 g/mol. The van der Waals surface area contributed by atoms with E-state index in [-0.39, 0.29) is 6.04 Å². The Hall–Kier alpha value is -0.540. The van der Waals surface area contributed by atoms with E-state index in [9.17, 15) is 0 Å². The van der Waals surface area contributed by atoms with Gasteiger partial charge in [0, 0.05) is 5.56 Å². The van der Waals surface area contributed by atoms with Crippen molar-refractivity contribution in [3.05, 3.63) is 55.7 Å². The summed E-state index contributed by atoms with van der Waals surface area (Å²) < 4.78 is 1.48. The first-order valence-electron chi connectivity index (χ1n) is 5.86. The first-order valence-corrected chi connectivity index (χ1v) is 7.43. The van der Waals surface area contributed by atoms with E-state index in [1.807, 2.05) is 13.1 Å². The van der Waals surface area contributed by atoms with Gasteiger partial charge in [-0.2, -0.15) is 0 Å². The van der Waals surface area contributed by atoms with E-state index in [1.165, 1.54) is 22.5 Å². The zero-order chi connectivity index (χ0) is 13.1. The predicted molar refractivity (Wildman–Crippen MR) is 81.1 cm³/mol. The van der Waals surface area contributed by atoms with Gasteiger partial charge in [-0.15, -0.1) is 11.3 Å². The van der Waals surface area contributed by atoms with Crippen molar-refractivity contribution >= 4 is 34.5 Å². The van der Waals surface area contributed by atoms with Crippen LogP contribution >= 0.6 is 34.5 Å². The number of benzene rings is 1. The van der Waals surface area contributed by atoms with Gasteiger partial charge in [0.2, 0.25) is 0 Å². The Morgan fingerprint density at radius 2 is 2.06 bits per heavy atom. The molecular weight excluding hydrogens is 285 g/mol. The molecule has 2 rings (SSSR count). The molecule has 1 unspecified atom stereocenters. The van der Waals surface area contributed by atoms with Crippen LogP contribution in [0.1, 0.15) is 29.7 Å². The molecule has 0 aliphatic heterocycles. The highest BCUT2D eigenvalue weighted by molar-refractivity contribution is 7.20. The topological polar surface area (TPSA) is 12.0 Å². The van der Waals surface area contributed by atoms with Crippen LogP contribution in [0.3, 0.4) is 0 Å². The van der Waals surface area contributed by atoms with Crippen LogP contribution in [0.2, 0.25) is 8.67 Å². The molecule has 1 heterocycles. The van der Waals surface area contributed by atoms with Crippen molar-refractivity contribution in [2.75, 3.05) is 7.05 Å². The molecular formula is C14H15Cl2NS. The minimum Gasteiger partial charge on any atom is -0.309 e. The highest BCUT2D eigenvalue weighted by Gasteiger charge is 2.18. The van der Waals surface area contributed by atoms with Crippen LogP contribution in [0, 0.1) is 0 Å². The normalized spacial score (nSPS) is 12.7. The molecule has 0 bridgehead atoms. The van der Waals surface area contributed by atoms with Gasteiger partial charge >= 0.3 is 0 Å². The molecule has 0 spiro atoms. The van der Waals surface area contributed by atoms with E-state index in [0.717, 1.165) is 20.7 Å². The summed E-state index contributed by atoms with van der Waals surface area (Å²) in [5, 5.41) is 3.30. The second kappa shape index (κ2) is 6.07. The van der Waals surface area contributed by atoms with Crippen molar-refractivity contribution in [3.63, 3.8) is 0 Å². The number of hydrogen-bond acceptors (Lipinski definition) is 2. The molecule has 4 heteroatoms. The maximum atomic E-state index is 6.24. The molecule has 0 amide bonds. The number of nitrogens with one attached hydrogen (secondary N) is 1. The summed E-state index contributed by atoms with van der Waals surface area (Å²) in [7, 11) is 1.94. The van der Waals surface area contributed by atoms with Crippen molar-refractivity contribution in [3.8, 4) is 0 Å². The summed E-state index contributed by atoms with van der Waals surface area (Å²) >= 11 is 13.7. The Labute approximate surface area is 122 Å². The molecule has 0 fully saturated rings. The number of rotatable bonds is 4. The quantitative estimate of drug-likeness (QED) is 0.844. The van der Waals surface area contributed by atoms with E-state index < -0.39 is 0 Å². The molecule has 0 saturated heterocycles. The summed E-state index contributed by atoms with van der Waals surface area (Å²) in [6.45, 7) is 2.15. The lowest BCUT2D eigenvalue weighted by molar-refractivity contribution is 0.693. The predicted octanol–water partition coefficient (Wildman–Crippen LogP) is 4.93. The molecule has 2 aromatic rings.